The molecule has 0 saturated carbocycles. The van der Waals surface area contributed by atoms with Crippen molar-refractivity contribution in [3.63, 3.8) is 0 Å². The number of benzene rings is 3. The first-order valence-corrected chi connectivity index (χ1v) is 15.0. The van der Waals surface area contributed by atoms with Crippen LogP contribution < -0.4 is 4.90 Å². The third kappa shape index (κ3) is 7.08. The molecule has 1 fully saturated rings. The Hall–Kier alpha value is -3.69. The Bertz CT molecular complexity index is 1380. The number of urea groups is 1. The molecule has 1 N–H and O–H groups in total. The standard InChI is InChI=1S/C31H36N2O6S/c1-23(24-11-5-3-6-12-24)28(25-13-7-4-8-14-25)20-22-39-30(34)29-15-9-10-21-33(29)31(35)32(2)26-16-18-27(19-17-26)40(36,37)38/h3-8,11-14,16-19,23,28-29H,9-10,15,20-22H2,1-2H3,(H,36,37,38). The number of carbonyl (C=O) groups excluding carboxylic acids is 2. The smallest absolute Gasteiger partial charge is 0.328 e. The molecule has 0 aromatic heterocycles. The average molecular weight is 565 g/mol. The number of nitrogens with zero attached hydrogens (tertiary/aromatic N) is 2. The number of hydrogen-bond donors (Lipinski definition) is 1. The van der Waals surface area contributed by atoms with E-state index in [2.05, 4.69) is 31.2 Å². The monoisotopic (exact) mass is 564 g/mol. The predicted octanol–water partition coefficient (Wildman–Crippen LogP) is 5.86. The van der Waals surface area contributed by atoms with Gasteiger partial charge in [0.15, 0.2) is 0 Å². The number of rotatable bonds is 9. The molecule has 1 aliphatic rings. The van der Waals surface area contributed by atoms with E-state index in [0.29, 0.717) is 25.1 Å². The summed E-state index contributed by atoms with van der Waals surface area (Å²) < 4.78 is 37.7. The van der Waals surface area contributed by atoms with Gasteiger partial charge < -0.3 is 9.64 Å². The number of esters is 1. The number of piperidine rings is 1. The van der Waals surface area contributed by atoms with Crippen LogP contribution in [0.5, 0.6) is 0 Å². The van der Waals surface area contributed by atoms with Gasteiger partial charge in [-0.25, -0.2) is 9.59 Å². The quantitative estimate of drug-likeness (QED) is 0.258. The van der Waals surface area contributed by atoms with Gasteiger partial charge in [0.05, 0.1) is 11.5 Å². The Kier molecular flexibility index (Phi) is 9.60. The van der Waals surface area contributed by atoms with E-state index in [-0.39, 0.29) is 29.4 Å². The summed E-state index contributed by atoms with van der Waals surface area (Å²) in [7, 11) is -2.77. The predicted molar refractivity (Wildman–Crippen MR) is 154 cm³/mol. The van der Waals surface area contributed by atoms with E-state index in [1.54, 1.807) is 7.05 Å². The minimum Gasteiger partial charge on any atom is -0.464 e. The van der Waals surface area contributed by atoms with E-state index >= 15 is 0 Å². The van der Waals surface area contributed by atoms with Crippen molar-refractivity contribution < 1.29 is 27.3 Å². The van der Waals surface area contributed by atoms with Gasteiger partial charge in [-0.05, 0) is 72.9 Å². The summed E-state index contributed by atoms with van der Waals surface area (Å²) in [6.07, 6.45) is 2.75. The van der Waals surface area contributed by atoms with Crippen molar-refractivity contribution in [2.75, 3.05) is 25.1 Å². The van der Waals surface area contributed by atoms with Gasteiger partial charge in [0.1, 0.15) is 6.04 Å². The van der Waals surface area contributed by atoms with Crippen molar-refractivity contribution >= 4 is 27.8 Å². The van der Waals surface area contributed by atoms with Gasteiger partial charge in [-0.2, -0.15) is 8.42 Å². The summed E-state index contributed by atoms with van der Waals surface area (Å²) in [5.74, 6) is -0.0457. The highest BCUT2D eigenvalue weighted by molar-refractivity contribution is 7.85. The molecule has 3 aromatic carbocycles. The zero-order chi connectivity index (χ0) is 28.7. The SMILES string of the molecule is CC(c1ccccc1)C(CCOC(=O)C1CCCCN1C(=O)N(C)c1ccc(S(=O)(=O)O)cc1)c1ccccc1. The third-order valence-corrected chi connectivity index (χ3v) is 8.53. The second kappa shape index (κ2) is 13.1. The molecule has 4 rings (SSSR count). The van der Waals surface area contributed by atoms with Crippen molar-refractivity contribution in [1.29, 1.82) is 0 Å². The number of carbonyl (C=O) groups is 2. The maximum atomic E-state index is 13.4. The highest BCUT2D eigenvalue weighted by Crippen LogP contribution is 2.35. The second-order valence-corrected chi connectivity index (χ2v) is 11.6. The fourth-order valence-corrected chi connectivity index (χ4v) is 5.81. The minimum absolute atomic E-state index is 0.150. The molecule has 0 radical (unpaired) electrons. The van der Waals surface area contributed by atoms with Crippen LogP contribution in [0.25, 0.3) is 0 Å². The second-order valence-electron chi connectivity index (χ2n) is 10.2. The molecular formula is C31H36N2O6S. The lowest BCUT2D eigenvalue weighted by Crippen LogP contribution is -2.53. The number of likely N-dealkylation sites (tertiary alicyclic amines) is 1. The van der Waals surface area contributed by atoms with E-state index in [0.717, 1.165) is 12.8 Å². The number of amides is 2. The van der Waals surface area contributed by atoms with Crippen LogP contribution in [0.1, 0.15) is 55.6 Å². The summed E-state index contributed by atoms with van der Waals surface area (Å²) in [5.41, 5.74) is 2.85. The molecule has 2 amide bonds. The summed E-state index contributed by atoms with van der Waals surface area (Å²) in [6, 6.07) is 24.8. The number of anilines is 1. The maximum absolute atomic E-state index is 13.4. The topological polar surface area (TPSA) is 104 Å². The van der Waals surface area contributed by atoms with Crippen LogP contribution in [0.2, 0.25) is 0 Å². The molecule has 3 atom stereocenters. The van der Waals surface area contributed by atoms with Crippen molar-refractivity contribution in [3.8, 4) is 0 Å². The van der Waals surface area contributed by atoms with Crippen LogP contribution in [-0.2, 0) is 19.6 Å². The first-order valence-electron chi connectivity index (χ1n) is 13.5. The van der Waals surface area contributed by atoms with Gasteiger partial charge in [-0.3, -0.25) is 9.45 Å². The lowest BCUT2D eigenvalue weighted by atomic mass is 9.81. The van der Waals surface area contributed by atoms with Crippen LogP contribution in [0.3, 0.4) is 0 Å². The van der Waals surface area contributed by atoms with Gasteiger partial charge in [0, 0.05) is 19.3 Å². The van der Waals surface area contributed by atoms with Crippen molar-refractivity contribution in [1.82, 2.24) is 4.90 Å². The molecule has 212 valence electrons. The Labute approximate surface area is 236 Å². The zero-order valence-electron chi connectivity index (χ0n) is 22.8. The molecule has 8 nitrogen and oxygen atoms in total. The highest BCUT2D eigenvalue weighted by atomic mass is 32.2. The van der Waals surface area contributed by atoms with Crippen LogP contribution in [0, 0.1) is 0 Å². The molecule has 1 heterocycles. The Morgan fingerprint density at radius 1 is 0.950 bits per heavy atom. The lowest BCUT2D eigenvalue weighted by Gasteiger charge is -2.36. The van der Waals surface area contributed by atoms with Gasteiger partial charge in [0.2, 0.25) is 0 Å². The normalized spacial score (nSPS) is 17.1. The summed E-state index contributed by atoms with van der Waals surface area (Å²) in [4.78, 5) is 29.3. The van der Waals surface area contributed by atoms with E-state index in [4.69, 9.17) is 4.74 Å². The zero-order valence-corrected chi connectivity index (χ0v) is 23.7. The van der Waals surface area contributed by atoms with E-state index in [9.17, 15) is 22.6 Å². The van der Waals surface area contributed by atoms with Gasteiger partial charge >= 0.3 is 12.0 Å². The first kappa shape index (κ1) is 29.3. The van der Waals surface area contributed by atoms with Gasteiger partial charge in [0.25, 0.3) is 10.1 Å². The average Bonchev–Trinajstić information content (AvgIpc) is 2.98. The summed E-state index contributed by atoms with van der Waals surface area (Å²) >= 11 is 0. The van der Waals surface area contributed by atoms with Crippen LogP contribution in [0.15, 0.2) is 89.8 Å². The largest absolute Gasteiger partial charge is 0.464 e. The Balaban J connectivity index is 1.42. The fourth-order valence-electron chi connectivity index (χ4n) is 5.33. The fraction of sp³-hybridized carbons (Fsp3) is 0.355. The first-order chi connectivity index (χ1) is 19.2. The van der Waals surface area contributed by atoms with Crippen LogP contribution in [0.4, 0.5) is 10.5 Å². The molecule has 3 aromatic rings. The number of hydrogen-bond acceptors (Lipinski definition) is 5. The molecule has 9 heteroatoms. The van der Waals surface area contributed by atoms with Crippen molar-refractivity contribution in [2.24, 2.45) is 0 Å². The van der Waals surface area contributed by atoms with Crippen molar-refractivity contribution in [3.05, 3.63) is 96.1 Å². The molecular weight excluding hydrogens is 528 g/mol. The Morgan fingerprint density at radius 2 is 1.55 bits per heavy atom. The molecule has 0 spiro atoms. The van der Waals surface area contributed by atoms with Crippen LogP contribution >= 0.6 is 0 Å². The van der Waals surface area contributed by atoms with E-state index in [1.165, 1.54) is 45.2 Å². The summed E-state index contributed by atoms with van der Waals surface area (Å²) in [6.45, 7) is 2.85. The van der Waals surface area contributed by atoms with Crippen LogP contribution in [-0.4, -0.2) is 56.1 Å². The summed E-state index contributed by atoms with van der Waals surface area (Å²) in [5, 5.41) is 0. The number of ether oxygens (including phenoxy) is 1. The minimum atomic E-state index is -4.34. The molecule has 1 saturated heterocycles. The highest BCUT2D eigenvalue weighted by Gasteiger charge is 2.35. The lowest BCUT2D eigenvalue weighted by molar-refractivity contribution is -0.150. The van der Waals surface area contributed by atoms with E-state index < -0.39 is 22.1 Å². The van der Waals surface area contributed by atoms with E-state index in [1.807, 2.05) is 36.4 Å². The third-order valence-electron chi connectivity index (χ3n) is 7.66. The molecule has 0 aliphatic carbocycles. The maximum Gasteiger partial charge on any atom is 0.328 e. The molecule has 40 heavy (non-hydrogen) atoms. The van der Waals surface area contributed by atoms with Crippen molar-refractivity contribution in [2.45, 2.75) is 55.4 Å². The molecule has 0 bridgehead atoms. The molecule has 3 unspecified atom stereocenters. The van der Waals surface area contributed by atoms with Gasteiger partial charge in [-0.1, -0.05) is 67.6 Å². The Morgan fingerprint density at radius 3 is 2.15 bits per heavy atom. The molecule has 1 aliphatic heterocycles. The van der Waals surface area contributed by atoms with Gasteiger partial charge in [-0.15, -0.1) is 0 Å².